The lowest BCUT2D eigenvalue weighted by atomic mass is 9.92. The zero-order valence-corrected chi connectivity index (χ0v) is 15.3. The zero-order valence-electron chi connectivity index (χ0n) is 14.5. The SMILES string of the molecule is CC(C)(C)c1cc(NC(=O)C(C)(C)[S+]([O-])CC2CCCO2)on1. The van der Waals surface area contributed by atoms with Gasteiger partial charge in [0, 0.05) is 18.1 Å². The number of carbonyl (C=O) groups excluding carboxylic acids is 1. The molecule has 1 aliphatic heterocycles. The van der Waals surface area contributed by atoms with Crippen LogP contribution >= 0.6 is 0 Å². The Hall–Kier alpha value is -1.05. The number of rotatable bonds is 5. The van der Waals surface area contributed by atoms with Crippen molar-refractivity contribution < 1.29 is 18.6 Å². The van der Waals surface area contributed by atoms with Gasteiger partial charge in [-0.3, -0.25) is 10.1 Å². The van der Waals surface area contributed by atoms with E-state index in [0.717, 1.165) is 18.5 Å². The van der Waals surface area contributed by atoms with Gasteiger partial charge in [0.1, 0.15) is 11.9 Å². The molecule has 0 bridgehead atoms. The highest BCUT2D eigenvalue weighted by Crippen LogP contribution is 2.27. The van der Waals surface area contributed by atoms with Crippen LogP contribution in [0, 0.1) is 0 Å². The maximum atomic E-state index is 12.5. The smallest absolute Gasteiger partial charge is 0.282 e. The fourth-order valence-electron chi connectivity index (χ4n) is 2.21. The molecule has 0 radical (unpaired) electrons. The Balaban J connectivity index is 1.98. The van der Waals surface area contributed by atoms with Crippen LogP contribution in [0.3, 0.4) is 0 Å². The number of anilines is 1. The minimum absolute atomic E-state index is 0.0133. The lowest BCUT2D eigenvalue weighted by Gasteiger charge is -2.28. The third-order valence-electron chi connectivity index (χ3n) is 3.99. The van der Waals surface area contributed by atoms with Gasteiger partial charge in [-0.15, -0.1) is 0 Å². The summed E-state index contributed by atoms with van der Waals surface area (Å²) < 4.78 is 22.2. The third kappa shape index (κ3) is 4.49. The van der Waals surface area contributed by atoms with E-state index in [1.807, 2.05) is 20.8 Å². The monoisotopic (exact) mass is 342 g/mol. The Kier molecular flexibility index (Phi) is 5.43. The molecule has 1 saturated heterocycles. The Labute approximate surface area is 140 Å². The maximum Gasteiger partial charge on any atom is 0.282 e. The fourth-order valence-corrected chi connectivity index (χ4v) is 3.48. The first-order valence-corrected chi connectivity index (χ1v) is 9.21. The first-order chi connectivity index (χ1) is 10.6. The number of nitrogens with one attached hydrogen (secondary N) is 1. The van der Waals surface area contributed by atoms with Crippen molar-refractivity contribution >= 4 is 23.0 Å². The van der Waals surface area contributed by atoms with E-state index in [9.17, 15) is 9.35 Å². The van der Waals surface area contributed by atoms with Gasteiger partial charge in [0.05, 0.1) is 5.69 Å². The minimum atomic E-state index is -1.33. The molecule has 1 aromatic heterocycles. The van der Waals surface area contributed by atoms with Crippen molar-refractivity contribution in [3.8, 4) is 0 Å². The van der Waals surface area contributed by atoms with Crippen molar-refractivity contribution in [2.75, 3.05) is 17.7 Å². The quantitative estimate of drug-likeness (QED) is 0.831. The van der Waals surface area contributed by atoms with Crippen LogP contribution in [0.2, 0.25) is 0 Å². The van der Waals surface area contributed by atoms with Crippen molar-refractivity contribution in [3.05, 3.63) is 11.8 Å². The molecule has 130 valence electrons. The van der Waals surface area contributed by atoms with Gasteiger partial charge in [0.25, 0.3) is 5.91 Å². The molecule has 1 N–H and O–H groups in total. The number of ether oxygens (including phenoxy) is 1. The van der Waals surface area contributed by atoms with E-state index in [2.05, 4.69) is 10.5 Å². The minimum Gasteiger partial charge on any atom is -0.615 e. The van der Waals surface area contributed by atoms with Crippen LogP contribution < -0.4 is 5.32 Å². The second-order valence-corrected chi connectivity index (χ2v) is 9.48. The molecule has 1 fully saturated rings. The molecule has 0 aromatic carbocycles. The normalized spacial score (nSPS) is 20.5. The summed E-state index contributed by atoms with van der Waals surface area (Å²) in [5, 5.41) is 6.64. The summed E-state index contributed by atoms with van der Waals surface area (Å²) in [6.07, 6.45) is 1.88. The van der Waals surface area contributed by atoms with Crippen molar-refractivity contribution in [2.45, 2.75) is 63.7 Å². The standard InChI is InChI=1S/C16H26N2O4S/c1-15(2,3)12-9-13(22-18-12)17-14(19)16(4,5)23(20)10-11-7-6-8-21-11/h9,11H,6-8,10H2,1-5H3,(H,17,19). The molecule has 0 aliphatic carbocycles. The molecule has 1 aliphatic rings. The lowest BCUT2D eigenvalue weighted by Crippen LogP contribution is -2.47. The number of hydrogen-bond acceptors (Lipinski definition) is 5. The van der Waals surface area contributed by atoms with E-state index in [1.54, 1.807) is 19.9 Å². The van der Waals surface area contributed by atoms with Crippen LogP contribution in [0.25, 0.3) is 0 Å². The topological polar surface area (TPSA) is 87.4 Å². The molecule has 2 heterocycles. The summed E-state index contributed by atoms with van der Waals surface area (Å²) in [5.41, 5.74) is 0.594. The Bertz CT molecular complexity index is 545. The lowest BCUT2D eigenvalue weighted by molar-refractivity contribution is -0.118. The highest BCUT2D eigenvalue weighted by atomic mass is 32.2. The van der Waals surface area contributed by atoms with E-state index in [-0.39, 0.29) is 23.3 Å². The Morgan fingerprint density at radius 3 is 2.65 bits per heavy atom. The molecule has 1 amide bonds. The molecule has 0 spiro atoms. The summed E-state index contributed by atoms with van der Waals surface area (Å²) in [4.78, 5) is 12.5. The Morgan fingerprint density at radius 1 is 1.43 bits per heavy atom. The molecular weight excluding hydrogens is 316 g/mol. The summed E-state index contributed by atoms with van der Waals surface area (Å²) in [6, 6.07) is 1.71. The van der Waals surface area contributed by atoms with E-state index >= 15 is 0 Å². The molecule has 23 heavy (non-hydrogen) atoms. The number of carbonyl (C=O) groups is 1. The summed E-state index contributed by atoms with van der Waals surface area (Å²) in [5.74, 6) is 0.317. The van der Waals surface area contributed by atoms with Gasteiger partial charge >= 0.3 is 0 Å². The van der Waals surface area contributed by atoms with E-state index in [4.69, 9.17) is 9.26 Å². The van der Waals surface area contributed by atoms with Gasteiger partial charge in [-0.25, -0.2) is 0 Å². The van der Waals surface area contributed by atoms with E-state index in [0.29, 0.717) is 12.4 Å². The molecule has 1 aromatic rings. The van der Waals surface area contributed by atoms with Gasteiger partial charge in [0.15, 0.2) is 4.75 Å². The molecule has 2 rings (SSSR count). The second kappa shape index (κ2) is 6.83. The molecule has 7 heteroatoms. The van der Waals surface area contributed by atoms with Crippen LogP contribution in [0.4, 0.5) is 5.88 Å². The maximum absolute atomic E-state index is 12.5. The van der Waals surface area contributed by atoms with Crippen LogP contribution in [0.15, 0.2) is 10.6 Å². The van der Waals surface area contributed by atoms with Gasteiger partial charge in [-0.05, 0) is 37.9 Å². The predicted octanol–water partition coefficient (Wildman–Crippen LogP) is 2.62. The second-order valence-electron chi connectivity index (χ2n) is 7.44. The van der Waals surface area contributed by atoms with Gasteiger partial charge < -0.3 is 13.8 Å². The van der Waals surface area contributed by atoms with Crippen molar-refractivity contribution in [3.63, 3.8) is 0 Å². The van der Waals surface area contributed by atoms with Crippen molar-refractivity contribution in [1.29, 1.82) is 0 Å². The van der Waals surface area contributed by atoms with Gasteiger partial charge in [-0.1, -0.05) is 25.9 Å². The highest BCUT2D eigenvalue weighted by Gasteiger charge is 2.42. The van der Waals surface area contributed by atoms with E-state index < -0.39 is 15.9 Å². The summed E-state index contributed by atoms with van der Waals surface area (Å²) in [7, 11) is 0. The van der Waals surface area contributed by atoms with Gasteiger partial charge in [0.2, 0.25) is 5.88 Å². The van der Waals surface area contributed by atoms with Crippen molar-refractivity contribution in [2.24, 2.45) is 0 Å². The molecule has 0 saturated carbocycles. The highest BCUT2D eigenvalue weighted by molar-refractivity contribution is 7.93. The number of amides is 1. The molecular formula is C16H26N2O4S. The average molecular weight is 342 g/mol. The summed E-state index contributed by atoms with van der Waals surface area (Å²) in [6.45, 7) is 10.1. The number of hydrogen-bond donors (Lipinski definition) is 1. The molecule has 2 unspecified atom stereocenters. The Morgan fingerprint density at radius 2 is 2.13 bits per heavy atom. The fraction of sp³-hybridized carbons (Fsp3) is 0.750. The molecule has 6 nitrogen and oxygen atoms in total. The number of aromatic nitrogens is 1. The third-order valence-corrected chi connectivity index (χ3v) is 5.99. The van der Waals surface area contributed by atoms with Crippen LogP contribution in [-0.2, 0) is 26.1 Å². The summed E-state index contributed by atoms with van der Waals surface area (Å²) >= 11 is -1.33. The largest absolute Gasteiger partial charge is 0.615 e. The van der Waals surface area contributed by atoms with Gasteiger partial charge in [-0.2, -0.15) is 0 Å². The first kappa shape index (κ1) is 18.3. The van der Waals surface area contributed by atoms with Crippen LogP contribution in [-0.4, -0.2) is 38.8 Å². The van der Waals surface area contributed by atoms with E-state index in [1.165, 1.54) is 0 Å². The van der Waals surface area contributed by atoms with Crippen molar-refractivity contribution in [1.82, 2.24) is 5.16 Å². The zero-order chi connectivity index (χ0) is 17.3. The first-order valence-electron chi connectivity index (χ1n) is 7.89. The van der Waals surface area contributed by atoms with Crippen LogP contribution in [0.1, 0.15) is 53.2 Å². The number of nitrogens with zero attached hydrogens (tertiary/aromatic N) is 1. The van der Waals surface area contributed by atoms with Crippen LogP contribution in [0.5, 0.6) is 0 Å². The predicted molar refractivity (Wildman–Crippen MR) is 89.9 cm³/mol. The molecule has 2 atom stereocenters. The average Bonchev–Trinajstić information content (AvgIpc) is 3.09.